The molecule has 0 unspecified atom stereocenters. The van der Waals surface area contributed by atoms with Crippen LogP contribution in [0.3, 0.4) is 0 Å². The van der Waals surface area contributed by atoms with Crippen LogP contribution in [0.1, 0.15) is 28.6 Å². The lowest BCUT2D eigenvalue weighted by atomic mass is 10.1. The van der Waals surface area contributed by atoms with Gasteiger partial charge in [0.25, 0.3) is 5.91 Å². The number of rotatable bonds is 4. The van der Waals surface area contributed by atoms with E-state index in [2.05, 4.69) is 10.5 Å². The quantitative estimate of drug-likeness (QED) is 0.587. The standard InChI is InChI=1S/C18H15FN2O2/c1-2-16-14(12-7-4-6-10-17(12)23-16)11-20-21-18(22)13-8-3-5-9-15(13)19/h3-11H,2H2,1H3,(H,21,22)/b20-11-. The molecule has 0 spiro atoms. The summed E-state index contributed by atoms with van der Waals surface area (Å²) in [6, 6.07) is 13.4. The Morgan fingerprint density at radius 2 is 1.96 bits per heavy atom. The monoisotopic (exact) mass is 310 g/mol. The van der Waals surface area contributed by atoms with E-state index in [0.29, 0.717) is 6.42 Å². The molecule has 0 aliphatic carbocycles. The fraction of sp³-hybridized carbons (Fsp3) is 0.111. The largest absolute Gasteiger partial charge is 0.460 e. The van der Waals surface area contributed by atoms with Gasteiger partial charge in [0.2, 0.25) is 0 Å². The van der Waals surface area contributed by atoms with E-state index < -0.39 is 11.7 Å². The Morgan fingerprint density at radius 3 is 2.74 bits per heavy atom. The molecule has 116 valence electrons. The fourth-order valence-corrected chi connectivity index (χ4v) is 2.38. The number of fused-ring (bicyclic) bond motifs is 1. The van der Waals surface area contributed by atoms with Crippen LogP contribution in [-0.4, -0.2) is 12.1 Å². The Kier molecular flexibility index (Phi) is 4.19. The Bertz CT molecular complexity index is 884. The predicted molar refractivity (Wildman–Crippen MR) is 87.1 cm³/mol. The number of benzene rings is 2. The number of carbonyl (C=O) groups excluding carboxylic acids is 1. The second-order valence-corrected chi connectivity index (χ2v) is 4.97. The van der Waals surface area contributed by atoms with Gasteiger partial charge in [0.05, 0.1) is 11.8 Å². The molecule has 0 aliphatic rings. The first-order valence-corrected chi connectivity index (χ1v) is 7.29. The number of nitrogens with one attached hydrogen (secondary N) is 1. The molecule has 3 rings (SSSR count). The van der Waals surface area contributed by atoms with Gasteiger partial charge in [-0.2, -0.15) is 5.10 Å². The van der Waals surface area contributed by atoms with Gasteiger partial charge < -0.3 is 4.42 Å². The van der Waals surface area contributed by atoms with E-state index in [4.69, 9.17) is 4.42 Å². The highest BCUT2D eigenvalue weighted by Gasteiger charge is 2.12. The molecular formula is C18H15FN2O2. The minimum Gasteiger partial charge on any atom is -0.460 e. The molecule has 0 aliphatic heterocycles. The van der Waals surface area contributed by atoms with Crippen molar-refractivity contribution < 1.29 is 13.6 Å². The number of hydrogen-bond acceptors (Lipinski definition) is 3. The SMILES string of the molecule is CCc1oc2ccccc2c1/C=N\NC(=O)c1ccccc1F. The highest BCUT2D eigenvalue weighted by atomic mass is 19.1. The first kappa shape index (κ1) is 15.0. The van der Waals surface area contributed by atoms with Gasteiger partial charge in [0.15, 0.2) is 0 Å². The number of carbonyl (C=O) groups is 1. The molecule has 2 aromatic carbocycles. The summed E-state index contributed by atoms with van der Waals surface area (Å²) in [6.45, 7) is 1.98. The molecule has 0 atom stereocenters. The molecule has 1 N–H and O–H groups in total. The van der Waals surface area contributed by atoms with Gasteiger partial charge in [0, 0.05) is 17.4 Å². The van der Waals surface area contributed by atoms with Crippen molar-refractivity contribution in [2.24, 2.45) is 5.10 Å². The predicted octanol–water partition coefficient (Wildman–Crippen LogP) is 3.90. The maximum atomic E-state index is 13.5. The summed E-state index contributed by atoms with van der Waals surface area (Å²) in [6.07, 6.45) is 2.24. The number of hydrogen-bond donors (Lipinski definition) is 1. The Hall–Kier alpha value is -2.95. The number of furan rings is 1. The normalized spacial score (nSPS) is 11.2. The van der Waals surface area contributed by atoms with Crippen LogP contribution in [0.5, 0.6) is 0 Å². The van der Waals surface area contributed by atoms with Crippen LogP contribution in [0.15, 0.2) is 58.0 Å². The van der Waals surface area contributed by atoms with Gasteiger partial charge in [-0.1, -0.05) is 37.3 Å². The summed E-state index contributed by atoms with van der Waals surface area (Å²) in [5, 5.41) is 4.86. The molecule has 1 heterocycles. The summed E-state index contributed by atoms with van der Waals surface area (Å²) in [5.41, 5.74) is 3.89. The fourth-order valence-electron chi connectivity index (χ4n) is 2.38. The molecule has 0 fully saturated rings. The van der Waals surface area contributed by atoms with Crippen molar-refractivity contribution in [1.29, 1.82) is 0 Å². The van der Waals surface area contributed by atoms with E-state index in [1.165, 1.54) is 24.4 Å². The second-order valence-electron chi connectivity index (χ2n) is 4.97. The van der Waals surface area contributed by atoms with E-state index in [0.717, 1.165) is 22.3 Å². The maximum absolute atomic E-state index is 13.5. The van der Waals surface area contributed by atoms with Gasteiger partial charge in [-0.25, -0.2) is 9.82 Å². The highest BCUT2D eigenvalue weighted by molar-refractivity contribution is 6.00. The lowest BCUT2D eigenvalue weighted by Crippen LogP contribution is -2.19. The third kappa shape index (κ3) is 2.99. The van der Waals surface area contributed by atoms with E-state index in [1.807, 2.05) is 31.2 Å². The van der Waals surface area contributed by atoms with Crippen LogP contribution in [0.4, 0.5) is 4.39 Å². The lowest BCUT2D eigenvalue weighted by molar-refractivity contribution is 0.0951. The van der Waals surface area contributed by atoms with Crippen molar-refractivity contribution in [1.82, 2.24) is 5.43 Å². The van der Waals surface area contributed by atoms with Gasteiger partial charge in [-0.3, -0.25) is 4.79 Å². The van der Waals surface area contributed by atoms with Crippen LogP contribution in [-0.2, 0) is 6.42 Å². The summed E-state index contributed by atoms with van der Waals surface area (Å²) < 4.78 is 19.3. The highest BCUT2D eigenvalue weighted by Crippen LogP contribution is 2.24. The molecule has 0 saturated heterocycles. The summed E-state index contributed by atoms with van der Waals surface area (Å²) in [7, 11) is 0. The van der Waals surface area contributed by atoms with Crippen molar-refractivity contribution >= 4 is 23.1 Å². The molecule has 1 aromatic heterocycles. The molecule has 0 bridgehead atoms. The third-order valence-corrected chi connectivity index (χ3v) is 3.51. The first-order valence-electron chi connectivity index (χ1n) is 7.29. The van der Waals surface area contributed by atoms with E-state index in [-0.39, 0.29) is 5.56 Å². The summed E-state index contributed by atoms with van der Waals surface area (Å²) in [5.74, 6) is -0.386. The van der Waals surface area contributed by atoms with Crippen LogP contribution in [0.25, 0.3) is 11.0 Å². The zero-order chi connectivity index (χ0) is 16.2. The van der Waals surface area contributed by atoms with Crippen molar-refractivity contribution in [3.63, 3.8) is 0 Å². The molecule has 0 saturated carbocycles. The van der Waals surface area contributed by atoms with Crippen LogP contribution >= 0.6 is 0 Å². The Morgan fingerprint density at radius 1 is 1.22 bits per heavy atom. The van der Waals surface area contributed by atoms with Crippen molar-refractivity contribution in [2.75, 3.05) is 0 Å². The van der Waals surface area contributed by atoms with E-state index in [1.54, 1.807) is 6.07 Å². The molecule has 1 amide bonds. The molecule has 23 heavy (non-hydrogen) atoms. The van der Waals surface area contributed by atoms with E-state index >= 15 is 0 Å². The smallest absolute Gasteiger partial charge is 0.274 e. The van der Waals surface area contributed by atoms with Crippen molar-refractivity contribution in [3.05, 3.63) is 71.2 Å². The topological polar surface area (TPSA) is 54.6 Å². The number of halogens is 1. The Balaban J connectivity index is 1.84. The summed E-state index contributed by atoms with van der Waals surface area (Å²) in [4.78, 5) is 11.9. The molecule has 5 heteroatoms. The zero-order valence-corrected chi connectivity index (χ0v) is 12.5. The third-order valence-electron chi connectivity index (χ3n) is 3.51. The number of hydrazone groups is 1. The minimum absolute atomic E-state index is 0.0441. The lowest BCUT2D eigenvalue weighted by Gasteiger charge is -2.00. The molecule has 0 radical (unpaired) electrons. The van der Waals surface area contributed by atoms with Crippen LogP contribution in [0.2, 0.25) is 0 Å². The average Bonchev–Trinajstić information content (AvgIpc) is 2.93. The van der Waals surface area contributed by atoms with Gasteiger partial charge in [-0.05, 0) is 18.2 Å². The van der Waals surface area contributed by atoms with Gasteiger partial charge >= 0.3 is 0 Å². The number of aryl methyl sites for hydroxylation is 1. The molecular weight excluding hydrogens is 295 g/mol. The molecule has 3 aromatic rings. The van der Waals surface area contributed by atoms with E-state index in [9.17, 15) is 9.18 Å². The van der Waals surface area contributed by atoms with Gasteiger partial charge in [-0.15, -0.1) is 0 Å². The summed E-state index contributed by atoms with van der Waals surface area (Å²) >= 11 is 0. The first-order chi connectivity index (χ1) is 11.2. The number of nitrogens with zero attached hydrogens (tertiary/aromatic N) is 1. The minimum atomic E-state index is -0.592. The second kappa shape index (κ2) is 6.44. The van der Waals surface area contributed by atoms with Crippen molar-refractivity contribution in [3.8, 4) is 0 Å². The average molecular weight is 310 g/mol. The number of para-hydroxylation sites is 1. The maximum Gasteiger partial charge on any atom is 0.274 e. The number of amides is 1. The van der Waals surface area contributed by atoms with Crippen LogP contribution in [0, 0.1) is 5.82 Å². The zero-order valence-electron chi connectivity index (χ0n) is 12.5. The van der Waals surface area contributed by atoms with Gasteiger partial charge in [0.1, 0.15) is 17.2 Å². The van der Waals surface area contributed by atoms with Crippen LogP contribution < -0.4 is 5.43 Å². The van der Waals surface area contributed by atoms with Crippen molar-refractivity contribution in [2.45, 2.75) is 13.3 Å². The Labute approximate surface area is 132 Å². The molecule has 4 nitrogen and oxygen atoms in total.